The largest absolute Gasteiger partial charge is 0.385 e. The van der Waals surface area contributed by atoms with E-state index >= 15 is 0 Å². The third-order valence-corrected chi connectivity index (χ3v) is 2.94. The van der Waals surface area contributed by atoms with E-state index in [9.17, 15) is 4.79 Å². The first kappa shape index (κ1) is 9.30. The molecule has 1 aromatic carbocycles. The highest BCUT2D eigenvalue weighted by molar-refractivity contribution is 7.18. The second-order valence-corrected chi connectivity index (χ2v) is 4.10. The van der Waals surface area contributed by atoms with Crippen LogP contribution in [0.2, 0.25) is 0 Å². The molecule has 4 heteroatoms. The number of nitrogens with zero attached hydrogens (tertiary/aromatic N) is 1. The summed E-state index contributed by atoms with van der Waals surface area (Å²) in [6.07, 6.45) is -0.0925. The Bertz CT molecular complexity index is 419. The summed E-state index contributed by atoms with van der Waals surface area (Å²) in [5, 5.41) is 9.93. The van der Waals surface area contributed by atoms with E-state index in [1.165, 1.54) is 11.3 Å². The number of aliphatic hydroxyl groups is 1. The Labute approximate surface area is 85.0 Å². The van der Waals surface area contributed by atoms with Crippen molar-refractivity contribution in [3.05, 3.63) is 29.3 Å². The van der Waals surface area contributed by atoms with Crippen molar-refractivity contribution in [2.75, 3.05) is 0 Å². The van der Waals surface area contributed by atoms with Crippen LogP contribution in [-0.4, -0.2) is 22.5 Å². The number of carbonyl (C=O) groups excluding carboxylic acids is 1. The van der Waals surface area contributed by atoms with Gasteiger partial charge < -0.3 is 9.90 Å². The van der Waals surface area contributed by atoms with Crippen molar-refractivity contribution in [2.45, 2.75) is 12.5 Å². The van der Waals surface area contributed by atoms with Gasteiger partial charge in [-0.2, -0.15) is 0 Å². The van der Waals surface area contributed by atoms with Crippen LogP contribution in [0, 0.1) is 0 Å². The van der Waals surface area contributed by atoms with Crippen molar-refractivity contribution >= 4 is 27.8 Å². The van der Waals surface area contributed by atoms with Crippen molar-refractivity contribution in [1.82, 2.24) is 4.98 Å². The van der Waals surface area contributed by atoms with Crippen LogP contribution in [0.25, 0.3) is 10.2 Å². The summed E-state index contributed by atoms with van der Waals surface area (Å²) in [4.78, 5) is 14.6. The Balaban J connectivity index is 2.31. The smallest absolute Gasteiger partial charge is 0.148 e. The fourth-order valence-electron chi connectivity index (χ4n) is 1.23. The van der Waals surface area contributed by atoms with E-state index in [1.807, 2.05) is 24.3 Å². The van der Waals surface area contributed by atoms with Crippen molar-refractivity contribution in [3.8, 4) is 0 Å². The summed E-state index contributed by atoms with van der Waals surface area (Å²) in [6, 6.07) is 7.76. The van der Waals surface area contributed by atoms with Gasteiger partial charge >= 0.3 is 0 Å². The number of benzene rings is 1. The van der Waals surface area contributed by atoms with E-state index in [1.54, 1.807) is 0 Å². The minimum absolute atomic E-state index is 0.308. The van der Waals surface area contributed by atoms with Crippen molar-refractivity contribution in [3.63, 3.8) is 0 Å². The van der Waals surface area contributed by atoms with E-state index in [2.05, 4.69) is 4.98 Å². The molecule has 3 nitrogen and oxygen atoms in total. The van der Waals surface area contributed by atoms with Crippen molar-refractivity contribution < 1.29 is 9.90 Å². The van der Waals surface area contributed by atoms with Crippen LogP contribution in [0.5, 0.6) is 0 Å². The Morgan fingerprint density at radius 1 is 1.50 bits per heavy atom. The average molecular weight is 207 g/mol. The number of aldehydes is 1. The first-order valence-corrected chi connectivity index (χ1v) is 5.09. The van der Waals surface area contributed by atoms with Gasteiger partial charge in [-0.05, 0) is 12.1 Å². The topological polar surface area (TPSA) is 50.2 Å². The highest BCUT2D eigenvalue weighted by Gasteiger charge is 2.08. The zero-order valence-corrected chi connectivity index (χ0v) is 8.20. The van der Waals surface area contributed by atoms with Crippen LogP contribution < -0.4 is 0 Å². The van der Waals surface area contributed by atoms with Crippen LogP contribution in [0.4, 0.5) is 0 Å². The normalized spacial score (nSPS) is 12.9. The lowest BCUT2D eigenvalue weighted by Gasteiger charge is -1.96. The number of aliphatic hydroxyl groups excluding tert-OH is 1. The molecule has 2 rings (SSSR count). The highest BCUT2D eigenvalue weighted by Crippen LogP contribution is 2.22. The molecular formula is C10H9NO2S. The van der Waals surface area contributed by atoms with Gasteiger partial charge in [0.15, 0.2) is 0 Å². The van der Waals surface area contributed by atoms with Gasteiger partial charge in [0.2, 0.25) is 0 Å². The van der Waals surface area contributed by atoms with Crippen molar-refractivity contribution in [2.24, 2.45) is 0 Å². The fraction of sp³-hybridized carbons (Fsp3) is 0.200. The monoisotopic (exact) mass is 207 g/mol. The first-order chi connectivity index (χ1) is 6.79. The molecule has 0 amide bonds. The quantitative estimate of drug-likeness (QED) is 0.774. The Kier molecular flexibility index (Phi) is 2.56. The average Bonchev–Trinajstić information content (AvgIpc) is 2.59. The summed E-state index contributed by atoms with van der Waals surface area (Å²) < 4.78 is 1.08. The molecule has 0 saturated heterocycles. The van der Waals surface area contributed by atoms with Gasteiger partial charge in [-0.25, -0.2) is 4.98 Å². The Hall–Kier alpha value is -1.26. The zero-order valence-electron chi connectivity index (χ0n) is 7.38. The summed E-state index contributed by atoms with van der Waals surface area (Å²) in [7, 11) is 0. The SMILES string of the molecule is O=CC(O)Cc1nc2ccccc2s1. The summed E-state index contributed by atoms with van der Waals surface area (Å²) in [5.74, 6) is 0. The Morgan fingerprint density at radius 3 is 3.00 bits per heavy atom. The highest BCUT2D eigenvalue weighted by atomic mass is 32.1. The predicted molar refractivity (Wildman–Crippen MR) is 55.4 cm³/mol. The summed E-state index contributed by atoms with van der Waals surface area (Å²) >= 11 is 1.51. The molecule has 0 aliphatic rings. The molecule has 0 aliphatic heterocycles. The van der Waals surface area contributed by atoms with E-state index in [-0.39, 0.29) is 0 Å². The fourth-order valence-corrected chi connectivity index (χ4v) is 2.25. The maximum Gasteiger partial charge on any atom is 0.148 e. The minimum atomic E-state index is -0.935. The lowest BCUT2D eigenvalue weighted by Crippen LogP contribution is -2.10. The third-order valence-electron chi connectivity index (χ3n) is 1.88. The van der Waals surface area contributed by atoms with Gasteiger partial charge in [0.05, 0.1) is 15.2 Å². The number of carbonyl (C=O) groups is 1. The summed E-state index contributed by atoms with van der Waals surface area (Å²) in [6.45, 7) is 0. The lowest BCUT2D eigenvalue weighted by atomic mass is 10.3. The maximum atomic E-state index is 10.3. The van der Waals surface area contributed by atoms with Crippen LogP contribution in [-0.2, 0) is 11.2 Å². The number of hydrogen-bond donors (Lipinski definition) is 1. The van der Waals surface area contributed by atoms with Crippen LogP contribution in [0.15, 0.2) is 24.3 Å². The standard InChI is InChI=1S/C10H9NO2S/c12-6-7(13)5-10-11-8-3-1-2-4-9(8)14-10/h1-4,6-7,13H,5H2. The van der Waals surface area contributed by atoms with Crippen LogP contribution >= 0.6 is 11.3 Å². The molecule has 2 aromatic rings. The van der Waals surface area contributed by atoms with Gasteiger partial charge in [-0.3, -0.25) is 0 Å². The van der Waals surface area contributed by atoms with Gasteiger partial charge in [0, 0.05) is 6.42 Å². The first-order valence-electron chi connectivity index (χ1n) is 4.27. The van der Waals surface area contributed by atoms with E-state index < -0.39 is 6.10 Å². The molecule has 0 aliphatic carbocycles. The molecule has 1 N–H and O–H groups in total. The summed E-state index contributed by atoms with van der Waals surface area (Å²) in [5.41, 5.74) is 0.922. The molecule has 1 atom stereocenters. The molecule has 0 spiro atoms. The second kappa shape index (κ2) is 3.86. The molecule has 14 heavy (non-hydrogen) atoms. The maximum absolute atomic E-state index is 10.3. The number of thiazole rings is 1. The zero-order chi connectivity index (χ0) is 9.97. The van der Waals surface area contributed by atoms with Crippen LogP contribution in [0.3, 0.4) is 0 Å². The molecule has 1 unspecified atom stereocenters. The number of para-hydroxylation sites is 1. The minimum Gasteiger partial charge on any atom is -0.385 e. The van der Waals surface area contributed by atoms with Gasteiger partial charge in [0.1, 0.15) is 12.4 Å². The number of hydrogen-bond acceptors (Lipinski definition) is 4. The van der Waals surface area contributed by atoms with Gasteiger partial charge in [-0.15, -0.1) is 11.3 Å². The molecule has 0 fully saturated rings. The molecule has 0 bridgehead atoms. The van der Waals surface area contributed by atoms with E-state index in [0.29, 0.717) is 12.7 Å². The third kappa shape index (κ3) is 1.81. The van der Waals surface area contributed by atoms with E-state index in [4.69, 9.17) is 5.11 Å². The number of aromatic nitrogens is 1. The van der Waals surface area contributed by atoms with Crippen molar-refractivity contribution in [1.29, 1.82) is 0 Å². The number of rotatable bonds is 3. The molecule has 0 saturated carbocycles. The molecule has 1 heterocycles. The van der Waals surface area contributed by atoms with Crippen LogP contribution in [0.1, 0.15) is 5.01 Å². The Morgan fingerprint density at radius 2 is 2.29 bits per heavy atom. The van der Waals surface area contributed by atoms with Gasteiger partial charge in [-0.1, -0.05) is 12.1 Å². The van der Waals surface area contributed by atoms with Gasteiger partial charge in [0.25, 0.3) is 0 Å². The lowest BCUT2D eigenvalue weighted by molar-refractivity contribution is -0.114. The second-order valence-electron chi connectivity index (χ2n) is 2.98. The number of fused-ring (bicyclic) bond motifs is 1. The van der Waals surface area contributed by atoms with E-state index in [0.717, 1.165) is 15.2 Å². The molecular weight excluding hydrogens is 198 g/mol. The molecule has 1 aromatic heterocycles. The molecule has 72 valence electrons. The molecule has 0 radical (unpaired) electrons. The predicted octanol–water partition coefficient (Wildman–Crippen LogP) is 1.40.